The number of aliphatic hydroxyl groups is 2. The third-order valence-electron chi connectivity index (χ3n) is 2.49. The molecular formula is C12H15Cl2NO3. The van der Waals surface area contributed by atoms with Gasteiger partial charge < -0.3 is 15.5 Å². The number of aliphatic hydroxyl groups excluding tert-OH is 2. The Morgan fingerprint density at radius 1 is 1.28 bits per heavy atom. The van der Waals surface area contributed by atoms with Gasteiger partial charge in [-0.15, -0.1) is 0 Å². The van der Waals surface area contributed by atoms with Crippen molar-refractivity contribution in [3.05, 3.63) is 33.8 Å². The minimum atomic E-state index is -1.02. The van der Waals surface area contributed by atoms with Crippen LogP contribution in [0.3, 0.4) is 0 Å². The van der Waals surface area contributed by atoms with Crippen molar-refractivity contribution in [3.63, 3.8) is 0 Å². The highest BCUT2D eigenvalue weighted by atomic mass is 35.5. The van der Waals surface area contributed by atoms with E-state index in [1.807, 2.05) is 0 Å². The normalized spacial score (nSPS) is 11.4. The number of rotatable bonds is 5. The first-order valence-corrected chi connectivity index (χ1v) is 6.12. The molecule has 1 aromatic rings. The van der Waals surface area contributed by atoms with Crippen LogP contribution in [0.4, 0.5) is 0 Å². The molecule has 0 fully saturated rings. The van der Waals surface area contributed by atoms with Gasteiger partial charge in [-0.05, 0) is 24.6 Å². The average Bonchev–Trinajstić information content (AvgIpc) is 2.33. The molecule has 0 spiro atoms. The number of hydrogen-bond acceptors (Lipinski definition) is 3. The fourth-order valence-corrected chi connectivity index (χ4v) is 1.67. The maximum Gasteiger partial charge on any atom is 0.225 e. The van der Waals surface area contributed by atoms with Crippen LogP contribution in [0.25, 0.3) is 0 Å². The Bertz CT molecular complexity index is 433. The van der Waals surface area contributed by atoms with Gasteiger partial charge in [-0.3, -0.25) is 4.79 Å². The molecule has 1 amide bonds. The van der Waals surface area contributed by atoms with E-state index < -0.39 is 5.54 Å². The molecule has 0 aliphatic carbocycles. The zero-order valence-electron chi connectivity index (χ0n) is 9.91. The Balaban J connectivity index is 2.67. The summed E-state index contributed by atoms with van der Waals surface area (Å²) in [5, 5.41) is 21.5. The van der Waals surface area contributed by atoms with Gasteiger partial charge in [0.1, 0.15) is 0 Å². The molecule has 0 aliphatic heterocycles. The lowest BCUT2D eigenvalue weighted by atomic mass is 10.0. The first-order chi connectivity index (χ1) is 8.40. The molecule has 0 atom stereocenters. The summed E-state index contributed by atoms with van der Waals surface area (Å²) >= 11 is 11.6. The van der Waals surface area contributed by atoms with Gasteiger partial charge in [0.15, 0.2) is 0 Å². The lowest BCUT2D eigenvalue weighted by molar-refractivity contribution is -0.123. The SMILES string of the molecule is CC(CO)(CO)NC(=O)Cc1ccc(Cl)c(Cl)c1. The maximum absolute atomic E-state index is 11.7. The van der Waals surface area contributed by atoms with Crippen molar-refractivity contribution in [3.8, 4) is 0 Å². The topological polar surface area (TPSA) is 69.6 Å². The number of benzene rings is 1. The molecule has 100 valence electrons. The van der Waals surface area contributed by atoms with Gasteiger partial charge in [0.05, 0.1) is 35.2 Å². The van der Waals surface area contributed by atoms with E-state index in [4.69, 9.17) is 33.4 Å². The minimum absolute atomic E-state index is 0.104. The quantitative estimate of drug-likeness (QED) is 0.768. The molecule has 0 saturated heterocycles. The summed E-state index contributed by atoms with van der Waals surface area (Å²) < 4.78 is 0. The van der Waals surface area contributed by atoms with Crippen LogP contribution in [0.5, 0.6) is 0 Å². The van der Waals surface area contributed by atoms with Crippen LogP contribution in [0.15, 0.2) is 18.2 Å². The second-order valence-corrected chi connectivity index (χ2v) is 5.16. The number of amides is 1. The van der Waals surface area contributed by atoms with E-state index in [1.165, 1.54) is 0 Å². The molecule has 0 saturated carbocycles. The molecule has 0 unspecified atom stereocenters. The molecule has 18 heavy (non-hydrogen) atoms. The summed E-state index contributed by atoms with van der Waals surface area (Å²) in [7, 11) is 0. The zero-order valence-corrected chi connectivity index (χ0v) is 11.4. The molecule has 3 N–H and O–H groups in total. The number of nitrogens with one attached hydrogen (secondary N) is 1. The third-order valence-corrected chi connectivity index (χ3v) is 3.23. The zero-order chi connectivity index (χ0) is 13.8. The van der Waals surface area contributed by atoms with E-state index in [-0.39, 0.29) is 25.5 Å². The van der Waals surface area contributed by atoms with E-state index in [0.717, 1.165) is 0 Å². The third kappa shape index (κ3) is 4.14. The average molecular weight is 292 g/mol. The summed E-state index contributed by atoms with van der Waals surface area (Å²) in [6, 6.07) is 4.92. The second-order valence-electron chi connectivity index (χ2n) is 4.35. The number of carbonyl (C=O) groups excluding carboxylic acids is 1. The summed E-state index contributed by atoms with van der Waals surface area (Å²) in [5.41, 5.74) is -0.312. The van der Waals surface area contributed by atoms with Gasteiger partial charge in [-0.1, -0.05) is 29.3 Å². The summed E-state index contributed by atoms with van der Waals surface area (Å²) in [4.78, 5) is 11.7. The van der Waals surface area contributed by atoms with E-state index in [2.05, 4.69) is 5.32 Å². The fraction of sp³-hybridized carbons (Fsp3) is 0.417. The Kier molecular flexibility index (Phi) is 5.41. The molecule has 1 rings (SSSR count). The van der Waals surface area contributed by atoms with Crippen LogP contribution in [0.1, 0.15) is 12.5 Å². The highest BCUT2D eigenvalue weighted by Gasteiger charge is 2.24. The summed E-state index contributed by atoms with van der Waals surface area (Å²) in [6.07, 6.45) is 0.104. The summed E-state index contributed by atoms with van der Waals surface area (Å²) in [6.45, 7) is 0.882. The van der Waals surface area contributed by atoms with Gasteiger partial charge in [-0.2, -0.15) is 0 Å². The highest BCUT2D eigenvalue weighted by molar-refractivity contribution is 6.42. The molecule has 0 radical (unpaired) electrons. The van der Waals surface area contributed by atoms with Crippen LogP contribution < -0.4 is 5.32 Å². The number of carbonyl (C=O) groups is 1. The lowest BCUT2D eigenvalue weighted by Gasteiger charge is -2.26. The number of hydrogen-bond donors (Lipinski definition) is 3. The lowest BCUT2D eigenvalue weighted by Crippen LogP contribution is -2.52. The Morgan fingerprint density at radius 3 is 2.39 bits per heavy atom. The van der Waals surface area contributed by atoms with Gasteiger partial charge in [0.2, 0.25) is 5.91 Å². The van der Waals surface area contributed by atoms with E-state index in [0.29, 0.717) is 15.6 Å². The first-order valence-electron chi connectivity index (χ1n) is 5.37. The standard InChI is InChI=1S/C12H15Cl2NO3/c1-12(6-16,7-17)15-11(18)5-8-2-3-9(13)10(14)4-8/h2-4,16-17H,5-7H2,1H3,(H,15,18). The summed E-state index contributed by atoms with van der Waals surface area (Å²) in [5.74, 6) is -0.306. The van der Waals surface area contributed by atoms with Crippen LogP contribution in [0, 0.1) is 0 Å². The molecule has 6 heteroatoms. The predicted molar refractivity (Wildman–Crippen MR) is 70.9 cm³/mol. The van der Waals surface area contributed by atoms with Gasteiger partial charge in [0.25, 0.3) is 0 Å². The Morgan fingerprint density at radius 2 is 1.89 bits per heavy atom. The first kappa shape index (κ1) is 15.2. The van der Waals surface area contributed by atoms with Gasteiger partial charge in [0, 0.05) is 0 Å². The van der Waals surface area contributed by atoms with Crippen LogP contribution in [-0.2, 0) is 11.2 Å². The van der Waals surface area contributed by atoms with Crippen molar-refractivity contribution in [1.29, 1.82) is 0 Å². The maximum atomic E-state index is 11.7. The van der Waals surface area contributed by atoms with Crippen molar-refractivity contribution in [2.75, 3.05) is 13.2 Å². The molecule has 1 aromatic carbocycles. The van der Waals surface area contributed by atoms with Crippen molar-refractivity contribution in [1.82, 2.24) is 5.32 Å². The van der Waals surface area contributed by atoms with Crippen molar-refractivity contribution in [2.45, 2.75) is 18.9 Å². The van der Waals surface area contributed by atoms with Crippen molar-refractivity contribution in [2.24, 2.45) is 0 Å². The smallest absolute Gasteiger partial charge is 0.225 e. The van der Waals surface area contributed by atoms with E-state index >= 15 is 0 Å². The van der Waals surface area contributed by atoms with Gasteiger partial charge in [-0.25, -0.2) is 0 Å². The predicted octanol–water partition coefficient (Wildman–Crippen LogP) is 1.40. The van der Waals surface area contributed by atoms with Crippen molar-refractivity contribution >= 4 is 29.1 Å². The van der Waals surface area contributed by atoms with E-state index in [9.17, 15) is 4.79 Å². The molecule has 0 heterocycles. The molecule has 4 nitrogen and oxygen atoms in total. The minimum Gasteiger partial charge on any atom is -0.394 e. The fourth-order valence-electron chi connectivity index (χ4n) is 1.34. The monoisotopic (exact) mass is 291 g/mol. The number of halogens is 2. The van der Waals surface area contributed by atoms with Crippen LogP contribution in [0.2, 0.25) is 10.0 Å². The second kappa shape index (κ2) is 6.38. The molecule has 0 aliphatic rings. The Hall–Kier alpha value is -0.810. The molecule has 0 aromatic heterocycles. The highest BCUT2D eigenvalue weighted by Crippen LogP contribution is 2.22. The van der Waals surface area contributed by atoms with Gasteiger partial charge >= 0.3 is 0 Å². The molecular weight excluding hydrogens is 277 g/mol. The van der Waals surface area contributed by atoms with Crippen molar-refractivity contribution < 1.29 is 15.0 Å². The Labute approximate surface area is 116 Å². The van der Waals surface area contributed by atoms with E-state index in [1.54, 1.807) is 25.1 Å². The molecule has 0 bridgehead atoms. The largest absolute Gasteiger partial charge is 0.394 e. The van der Waals surface area contributed by atoms with Crippen LogP contribution in [-0.4, -0.2) is 34.9 Å². The van der Waals surface area contributed by atoms with Crippen LogP contribution >= 0.6 is 23.2 Å².